The molecule has 0 saturated heterocycles. The van der Waals surface area contributed by atoms with Gasteiger partial charge in [0.1, 0.15) is 11.1 Å². The summed E-state index contributed by atoms with van der Waals surface area (Å²) < 4.78 is 0. The standard InChI is InChI=1S/2C13H16ClNO.2ClH/c2*1-15-13(9-5-4-8-12(13)16)10-6-2-3-7-11(10)14;;/h2*2-3,6-7,15H,4-5,8-9H2,1H3;2*1H/t2*13-;;/m00../s1. The second-order valence-electron chi connectivity index (χ2n) is 8.53. The normalized spacial score (nSPS) is 24.2. The lowest BCUT2D eigenvalue weighted by Crippen LogP contribution is -2.49. The van der Waals surface area contributed by atoms with Crippen molar-refractivity contribution in [3.05, 3.63) is 69.7 Å². The molecule has 2 aliphatic carbocycles. The van der Waals surface area contributed by atoms with E-state index in [0.29, 0.717) is 22.9 Å². The highest BCUT2D eigenvalue weighted by atomic mass is 35.5. The zero-order valence-electron chi connectivity index (χ0n) is 19.7. The van der Waals surface area contributed by atoms with E-state index in [0.717, 1.165) is 49.7 Å². The first-order valence-electron chi connectivity index (χ1n) is 11.4. The predicted molar refractivity (Wildman–Crippen MR) is 146 cm³/mol. The second-order valence-corrected chi connectivity index (χ2v) is 9.35. The largest absolute Gasteiger partial charge is 0.304 e. The van der Waals surface area contributed by atoms with Crippen molar-refractivity contribution in [3.63, 3.8) is 0 Å². The number of nitrogens with one attached hydrogen (secondary N) is 2. The first-order chi connectivity index (χ1) is 15.4. The molecule has 2 atom stereocenters. The number of ketones is 2. The van der Waals surface area contributed by atoms with Crippen molar-refractivity contribution in [1.82, 2.24) is 10.6 Å². The fourth-order valence-corrected chi connectivity index (χ4v) is 5.63. The summed E-state index contributed by atoms with van der Waals surface area (Å²) in [6, 6.07) is 15.2. The highest BCUT2D eigenvalue weighted by Gasteiger charge is 2.42. The van der Waals surface area contributed by atoms with E-state index in [1.807, 2.05) is 62.6 Å². The summed E-state index contributed by atoms with van der Waals surface area (Å²) in [4.78, 5) is 24.4. The molecule has 2 aromatic carbocycles. The maximum absolute atomic E-state index is 12.2. The maximum Gasteiger partial charge on any atom is 0.157 e. The summed E-state index contributed by atoms with van der Waals surface area (Å²) in [6.07, 6.45) is 7.09. The van der Waals surface area contributed by atoms with Gasteiger partial charge in [-0.05, 0) is 63.0 Å². The van der Waals surface area contributed by atoms with E-state index in [1.54, 1.807) is 0 Å². The Morgan fingerprint density at radius 1 is 0.647 bits per heavy atom. The molecule has 8 heteroatoms. The third-order valence-electron chi connectivity index (χ3n) is 6.88. The van der Waals surface area contributed by atoms with Crippen molar-refractivity contribution in [2.75, 3.05) is 14.1 Å². The Hall–Kier alpha value is -1.14. The topological polar surface area (TPSA) is 58.2 Å². The molecule has 0 bridgehead atoms. The number of carbonyl (C=O) groups excluding carboxylic acids is 2. The van der Waals surface area contributed by atoms with Crippen LogP contribution in [0.2, 0.25) is 10.0 Å². The van der Waals surface area contributed by atoms with Gasteiger partial charge in [0.2, 0.25) is 0 Å². The van der Waals surface area contributed by atoms with E-state index in [4.69, 9.17) is 23.2 Å². The lowest BCUT2D eigenvalue weighted by atomic mass is 9.75. The first kappa shape index (κ1) is 30.9. The molecule has 0 radical (unpaired) electrons. The van der Waals surface area contributed by atoms with Gasteiger partial charge in [-0.1, -0.05) is 72.4 Å². The lowest BCUT2D eigenvalue weighted by Gasteiger charge is -2.36. The van der Waals surface area contributed by atoms with Crippen molar-refractivity contribution in [2.45, 2.75) is 62.4 Å². The number of benzene rings is 2. The Balaban J connectivity index is 0.000000321. The molecule has 0 aromatic heterocycles. The van der Waals surface area contributed by atoms with Crippen molar-refractivity contribution >= 4 is 59.6 Å². The average Bonchev–Trinajstić information content (AvgIpc) is 2.82. The molecule has 34 heavy (non-hydrogen) atoms. The van der Waals surface area contributed by atoms with Gasteiger partial charge in [0.15, 0.2) is 11.6 Å². The van der Waals surface area contributed by atoms with Crippen LogP contribution in [-0.2, 0) is 20.7 Å². The molecule has 0 aliphatic heterocycles. The number of hydrogen-bond donors (Lipinski definition) is 2. The van der Waals surface area contributed by atoms with Gasteiger partial charge in [0.25, 0.3) is 0 Å². The van der Waals surface area contributed by atoms with Crippen molar-refractivity contribution in [2.24, 2.45) is 0 Å². The summed E-state index contributed by atoms with van der Waals surface area (Å²) >= 11 is 12.4. The molecule has 0 unspecified atom stereocenters. The van der Waals surface area contributed by atoms with E-state index in [1.165, 1.54) is 0 Å². The van der Waals surface area contributed by atoms with E-state index in [9.17, 15) is 9.59 Å². The van der Waals surface area contributed by atoms with E-state index in [2.05, 4.69) is 10.6 Å². The van der Waals surface area contributed by atoms with E-state index >= 15 is 0 Å². The smallest absolute Gasteiger partial charge is 0.157 e. The Morgan fingerprint density at radius 2 is 1.00 bits per heavy atom. The molecule has 2 aliphatic rings. The van der Waals surface area contributed by atoms with Crippen LogP contribution in [0.5, 0.6) is 0 Å². The minimum atomic E-state index is -0.559. The van der Waals surface area contributed by atoms with E-state index < -0.39 is 11.1 Å². The molecular weight excluding hydrogens is 514 g/mol. The minimum Gasteiger partial charge on any atom is -0.304 e. The first-order valence-corrected chi connectivity index (χ1v) is 12.1. The fourth-order valence-electron chi connectivity index (χ4n) is 5.04. The zero-order chi connectivity index (χ0) is 23.2. The molecule has 4 rings (SSSR count). The number of likely N-dealkylation sites (N-methyl/N-ethyl adjacent to an activating group) is 2. The number of Topliss-reactive ketones (excluding diaryl/α,β-unsaturated/α-hetero) is 2. The second kappa shape index (κ2) is 13.8. The highest BCUT2D eigenvalue weighted by molar-refractivity contribution is 6.32. The van der Waals surface area contributed by atoms with Crippen LogP contribution in [0.4, 0.5) is 0 Å². The average molecular weight is 548 g/mol. The lowest BCUT2D eigenvalue weighted by molar-refractivity contribution is -0.128. The van der Waals surface area contributed by atoms with Crippen LogP contribution in [0, 0.1) is 0 Å². The van der Waals surface area contributed by atoms with Crippen LogP contribution in [-0.4, -0.2) is 25.7 Å². The molecule has 0 spiro atoms. The molecular formula is C26H34Cl4N2O2. The molecule has 188 valence electrons. The minimum absolute atomic E-state index is 0. The van der Waals surface area contributed by atoms with Gasteiger partial charge >= 0.3 is 0 Å². The number of halogens is 4. The quantitative estimate of drug-likeness (QED) is 0.450. The Kier molecular flexibility index (Phi) is 12.6. The molecule has 2 aromatic rings. The van der Waals surface area contributed by atoms with Gasteiger partial charge < -0.3 is 10.6 Å². The number of hydrogen-bond acceptors (Lipinski definition) is 4. The van der Waals surface area contributed by atoms with Gasteiger partial charge in [0, 0.05) is 22.9 Å². The summed E-state index contributed by atoms with van der Waals surface area (Å²) in [7, 11) is 3.68. The Bertz CT molecular complexity index is 894. The highest BCUT2D eigenvalue weighted by Crippen LogP contribution is 2.38. The summed E-state index contributed by atoms with van der Waals surface area (Å²) in [5, 5.41) is 7.73. The fraction of sp³-hybridized carbons (Fsp3) is 0.462. The summed E-state index contributed by atoms with van der Waals surface area (Å²) in [6.45, 7) is 0. The molecule has 2 fully saturated rings. The molecule has 2 N–H and O–H groups in total. The van der Waals surface area contributed by atoms with Gasteiger partial charge in [-0.15, -0.1) is 24.8 Å². The van der Waals surface area contributed by atoms with Gasteiger partial charge in [-0.2, -0.15) is 0 Å². The number of rotatable bonds is 4. The van der Waals surface area contributed by atoms with E-state index in [-0.39, 0.29) is 36.4 Å². The third-order valence-corrected chi connectivity index (χ3v) is 7.54. The third kappa shape index (κ3) is 6.16. The van der Waals surface area contributed by atoms with Crippen molar-refractivity contribution < 1.29 is 9.59 Å². The SMILES string of the molecule is CN[C@]1(c2ccccc2Cl)CCCCC1=O.CN[C@]1(c2ccccc2Cl)CCCCC1=O.Cl.Cl. The maximum atomic E-state index is 12.2. The zero-order valence-corrected chi connectivity index (χ0v) is 22.8. The van der Waals surface area contributed by atoms with Crippen molar-refractivity contribution in [3.8, 4) is 0 Å². The van der Waals surface area contributed by atoms with Crippen LogP contribution in [0.15, 0.2) is 48.5 Å². The van der Waals surface area contributed by atoms with Gasteiger partial charge in [-0.25, -0.2) is 0 Å². The van der Waals surface area contributed by atoms with Crippen molar-refractivity contribution in [1.29, 1.82) is 0 Å². The predicted octanol–water partition coefficient (Wildman–Crippen LogP) is 6.64. The van der Waals surface area contributed by atoms with Crippen LogP contribution < -0.4 is 10.6 Å². The molecule has 0 heterocycles. The monoisotopic (exact) mass is 546 g/mol. The summed E-state index contributed by atoms with van der Waals surface area (Å²) in [5.74, 6) is 0.517. The van der Waals surface area contributed by atoms with Crippen LogP contribution in [0.1, 0.15) is 62.5 Å². The van der Waals surface area contributed by atoms with Crippen LogP contribution in [0.25, 0.3) is 0 Å². The Morgan fingerprint density at radius 3 is 1.29 bits per heavy atom. The molecule has 2 saturated carbocycles. The van der Waals surface area contributed by atoms with Crippen LogP contribution in [0.3, 0.4) is 0 Å². The Labute approximate surface area is 225 Å². The summed E-state index contributed by atoms with van der Waals surface area (Å²) in [5.41, 5.74) is 0.723. The van der Waals surface area contributed by atoms with Gasteiger partial charge in [0.05, 0.1) is 0 Å². The van der Waals surface area contributed by atoms with Crippen LogP contribution >= 0.6 is 48.0 Å². The number of carbonyl (C=O) groups is 2. The molecule has 0 amide bonds. The van der Waals surface area contributed by atoms with Gasteiger partial charge in [-0.3, -0.25) is 9.59 Å². The molecule has 4 nitrogen and oxygen atoms in total.